The van der Waals surface area contributed by atoms with E-state index in [9.17, 15) is 9.59 Å². The largest absolute Gasteiger partial charge is 0.320 e. The van der Waals surface area contributed by atoms with Crippen molar-refractivity contribution in [1.82, 2.24) is 14.8 Å². The average molecular weight is 408 g/mol. The number of benzene rings is 1. The number of anilines is 3. The van der Waals surface area contributed by atoms with Gasteiger partial charge in [0.2, 0.25) is 5.91 Å². The van der Waals surface area contributed by atoms with Gasteiger partial charge in [-0.25, -0.2) is 4.98 Å². The molecule has 1 aromatic carbocycles. The molecule has 0 unspecified atom stereocenters. The van der Waals surface area contributed by atoms with Gasteiger partial charge in [0.25, 0.3) is 5.91 Å². The van der Waals surface area contributed by atoms with Gasteiger partial charge in [-0.1, -0.05) is 18.6 Å². The third-order valence-electron chi connectivity index (χ3n) is 5.85. The van der Waals surface area contributed by atoms with Crippen molar-refractivity contribution < 1.29 is 9.59 Å². The number of pyridine rings is 1. The Balaban J connectivity index is 1.40. The molecule has 3 heterocycles. The molecule has 0 aliphatic carbocycles. The Labute approximate surface area is 177 Å². The van der Waals surface area contributed by atoms with Crippen LogP contribution in [-0.2, 0) is 4.79 Å². The van der Waals surface area contributed by atoms with Crippen molar-refractivity contribution in [2.75, 3.05) is 50.0 Å². The number of piperazine rings is 1. The topological polar surface area (TPSA) is 68.8 Å². The molecule has 0 spiro atoms. The van der Waals surface area contributed by atoms with Crippen molar-refractivity contribution in [3.05, 3.63) is 48.2 Å². The highest BCUT2D eigenvalue weighted by Crippen LogP contribution is 2.37. The maximum Gasteiger partial charge on any atom is 0.259 e. The van der Waals surface area contributed by atoms with Gasteiger partial charge in [0.15, 0.2) is 5.82 Å². The van der Waals surface area contributed by atoms with Crippen molar-refractivity contribution in [2.24, 2.45) is 0 Å². The first-order chi connectivity index (χ1) is 14.6. The van der Waals surface area contributed by atoms with E-state index in [2.05, 4.69) is 27.1 Å². The molecule has 2 amide bonds. The molecule has 1 aromatic heterocycles. The molecule has 2 aliphatic heterocycles. The summed E-state index contributed by atoms with van der Waals surface area (Å²) in [5.41, 5.74) is 1.71. The van der Waals surface area contributed by atoms with Crippen LogP contribution in [0.3, 0.4) is 0 Å². The molecule has 1 N–H and O–H groups in total. The minimum Gasteiger partial charge on any atom is -0.320 e. The van der Waals surface area contributed by atoms with Crippen LogP contribution in [0.15, 0.2) is 42.6 Å². The molecule has 0 atom stereocenters. The predicted molar refractivity (Wildman–Crippen MR) is 118 cm³/mol. The Hall–Kier alpha value is -2.77. The molecule has 7 heteroatoms. The summed E-state index contributed by atoms with van der Waals surface area (Å²) in [6, 6.07) is 10.8. The number of fused-ring (bicyclic) bond motifs is 2. The molecule has 4 rings (SSSR count). The number of hydrogen-bond acceptors (Lipinski definition) is 5. The minimum absolute atomic E-state index is 0.0292. The van der Waals surface area contributed by atoms with Gasteiger partial charge in [-0.15, -0.1) is 0 Å². The van der Waals surface area contributed by atoms with Crippen LogP contribution < -0.4 is 10.2 Å². The molecule has 0 saturated carbocycles. The van der Waals surface area contributed by atoms with E-state index in [0.29, 0.717) is 29.2 Å². The van der Waals surface area contributed by atoms with Crippen LogP contribution in [0.5, 0.6) is 0 Å². The molecular weight excluding hydrogens is 378 g/mol. The molecule has 2 aliphatic rings. The zero-order valence-electron chi connectivity index (χ0n) is 17.5. The Bertz CT molecular complexity index is 908. The zero-order chi connectivity index (χ0) is 20.9. The molecule has 2 aromatic rings. The smallest absolute Gasteiger partial charge is 0.259 e. The highest BCUT2D eigenvalue weighted by molar-refractivity contribution is 6.16. The molecule has 0 radical (unpaired) electrons. The zero-order valence-corrected chi connectivity index (χ0v) is 17.5. The van der Waals surface area contributed by atoms with Crippen molar-refractivity contribution in [3.8, 4) is 0 Å². The van der Waals surface area contributed by atoms with E-state index in [0.717, 1.165) is 52.0 Å². The summed E-state index contributed by atoms with van der Waals surface area (Å²) in [5, 5.41) is 2.90. The number of hydrogen-bond donors (Lipinski definition) is 1. The molecule has 0 bridgehead atoms. The maximum absolute atomic E-state index is 13.2. The van der Waals surface area contributed by atoms with Gasteiger partial charge in [0.05, 0.1) is 16.9 Å². The minimum atomic E-state index is -0.243. The second-order valence-electron chi connectivity index (χ2n) is 8.03. The van der Waals surface area contributed by atoms with Crippen LogP contribution in [0.25, 0.3) is 0 Å². The van der Waals surface area contributed by atoms with Crippen LogP contribution in [-0.4, -0.2) is 66.4 Å². The average Bonchev–Trinajstić information content (AvgIpc) is 2.88. The lowest BCUT2D eigenvalue weighted by molar-refractivity contribution is -0.118. The summed E-state index contributed by atoms with van der Waals surface area (Å²) in [7, 11) is 2.17. The number of amides is 2. The second-order valence-corrected chi connectivity index (χ2v) is 8.03. The first-order valence-corrected chi connectivity index (χ1v) is 10.7. The van der Waals surface area contributed by atoms with Gasteiger partial charge in [-0.05, 0) is 50.7 Å². The second kappa shape index (κ2) is 9.36. The van der Waals surface area contributed by atoms with Crippen molar-refractivity contribution in [1.29, 1.82) is 0 Å². The molecule has 1 saturated heterocycles. The first kappa shape index (κ1) is 20.5. The van der Waals surface area contributed by atoms with Crippen LogP contribution in [0.4, 0.5) is 17.2 Å². The number of rotatable bonds is 6. The normalized spacial score (nSPS) is 17.1. The van der Waals surface area contributed by atoms with Crippen molar-refractivity contribution in [2.45, 2.75) is 25.7 Å². The standard InChI is InChI=1S/C23H29N5O2/c1-26-14-16-27(17-15-26)13-6-2-3-11-21(29)28-20-10-5-4-9-19(20)25-23(30)18-8-7-12-24-22(18)28/h4-5,7-10,12H,2-3,6,11,13-17H2,1H3,(H,25,30). The number of aromatic nitrogens is 1. The molecular formula is C23H29N5O2. The Morgan fingerprint density at radius 3 is 2.67 bits per heavy atom. The van der Waals surface area contributed by atoms with Crippen LogP contribution in [0, 0.1) is 0 Å². The SMILES string of the molecule is CN1CCN(CCCCCC(=O)N2c3ccccc3NC(=O)c3cccnc32)CC1. The number of para-hydroxylation sites is 2. The summed E-state index contributed by atoms with van der Waals surface area (Å²) in [6.45, 7) is 5.61. The van der Waals surface area contributed by atoms with Gasteiger partial charge in [-0.3, -0.25) is 14.5 Å². The van der Waals surface area contributed by atoms with E-state index in [4.69, 9.17) is 0 Å². The quantitative estimate of drug-likeness (QED) is 0.745. The summed E-state index contributed by atoms with van der Waals surface area (Å²) in [5.74, 6) is 0.133. The lowest BCUT2D eigenvalue weighted by atomic mass is 10.1. The molecule has 1 fully saturated rings. The third kappa shape index (κ3) is 4.52. The number of nitrogens with zero attached hydrogens (tertiary/aromatic N) is 4. The molecule has 30 heavy (non-hydrogen) atoms. The maximum atomic E-state index is 13.2. The van der Waals surface area contributed by atoms with Gasteiger partial charge in [0.1, 0.15) is 0 Å². The number of nitrogens with one attached hydrogen (secondary N) is 1. The Morgan fingerprint density at radius 2 is 1.83 bits per heavy atom. The van der Waals surface area contributed by atoms with Gasteiger partial charge in [0, 0.05) is 38.8 Å². The van der Waals surface area contributed by atoms with Crippen LogP contribution in [0.1, 0.15) is 36.0 Å². The van der Waals surface area contributed by atoms with Gasteiger partial charge < -0.3 is 15.1 Å². The fourth-order valence-corrected chi connectivity index (χ4v) is 4.05. The van der Waals surface area contributed by atoms with E-state index in [1.165, 1.54) is 0 Å². The predicted octanol–water partition coefficient (Wildman–Crippen LogP) is 3.12. The summed E-state index contributed by atoms with van der Waals surface area (Å²) >= 11 is 0. The fourth-order valence-electron chi connectivity index (χ4n) is 4.05. The Morgan fingerprint density at radius 1 is 1.03 bits per heavy atom. The summed E-state index contributed by atoms with van der Waals surface area (Å²) in [4.78, 5) is 36.7. The van der Waals surface area contributed by atoms with Crippen molar-refractivity contribution in [3.63, 3.8) is 0 Å². The van der Waals surface area contributed by atoms with E-state index < -0.39 is 0 Å². The van der Waals surface area contributed by atoms with E-state index in [1.54, 1.807) is 23.2 Å². The van der Waals surface area contributed by atoms with Crippen LogP contribution >= 0.6 is 0 Å². The monoisotopic (exact) mass is 407 g/mol. The highest BCUT2D eigenvalue weighted by Gasteiger charge is 2.29. The number of likely N-dealkylation sites (N-methyl/N-ethyl adjacent to an activating group) is 1. The number of carbonyl (C=O) groups excluding carboxylic acids is 2. The molecule has 158 valence electrons. The summed E-state index contributed by atoms with van der Waals surface area (Å²) in [6.07, 6.45) is 4.99. The summed E-state index contributed by atoms with van der Waals surface area (Å²) < 4.78 is 0. The van der Waals surface area contributed by atoms with E-state index >= 15 is 0 Å². The third-order valence-corrected chi connectivity index (χ3v) is 5.85. The highest BCUT2D eigenvalue weighted by atomic mass is 16.2. The van der Waals surface area contributed by atoms with Gasteiger partial charge in [-0.2, -0.15) is 0 Å². The van der Waals surface area contributed by atoms with Gasteiger partial charge >= 0.3 is 0 Å². The van der Waals surface area contributed by atoms with E-state index in [1.807, 2.05) is 24.3 Å². The lowest BCUT2D eigenvalue weighted by Gasteiger charge is -2.32. The Kier molecular flexibility index (Phi) is 6.40. The lowest BCUT2D eigenvalue weighted by Crippen LogP contribution is -2.44. The van der Waals surface area contributed by atoms with Crippen LogP contribution in [0.2, 0.25) is 0 Å². The molecule has 7 nitrogen and oxygen atoms in total. The number of carbonyl (C=O) groups is 2. The number of unbranched alkanes of at least 4 members (excludes halogenated alkanes) is 2. The first-order valence-electron chi connectivity index (χ1n) is 10.7. The van der Waals surface area contributed by atoms with Crippen molar-refractivity contribution >= 4 is 29.0 Å². The van der Waals surface area contributed by atoms with E-state index in [-0.39, 0.29) is 11.8 Å². The fraction of sp³-hybridized carbons (Fsp3) is 0.435.